The topological polar surface area (TPSA) is 57.4 Å². The molecule has 0 spiro atoms. The standard InChI is InChI=1S/C14H24N2O2/c1-4-7-18-12-8-11(9-16-10-12)14(15)13(5-2)17-6-3/h8-10,13-14H,4-7,15H2,1-3H3. The van der Waals surface area contributed by atoms with Crippen LogP contribution in [-0.2, 0) is 4.74 Å². The maximum absolute atomic E-state index is 6.21. The van der Waals surface area contributed by atoms with Gasteiger partial charge in [-0.2, -0.15) is 0 Å². The third-order valence-corrected chi connectivity index (χ3v) is 2.78. The van der Waals surface area contributed by atoms with Crippen molar-refractivity contribution in [1.29, 1.82) is 0 Å². The van der Waals surface area contributed by atoms with Crippen molar-refractivity contribution >= 4 is 0 Å². The van der Waals surface area contributed by atoms with Crippen LogP contribution in [0.4, 0.5) is 0 Å². The Balaban J connectivity index is 2.74. The van der Waals surface area contributed by atoms with E-state index in [4.69, 9.17) is 15.2 Å². The average molecular weight is 252 g/mol. The number of hydrogen-bond donors (Lipinski definition) is 1. The Hall–Kier alpha value is -1.13. The van der Waals surface area contributed by atoms with Gasteiger partial charge in [-0.05, 0) is 31.4 Å². The molecule has 4 heteroatoms. The van der Waals surface area contributed by atoms with Gasteiger partial charge in [-0.25, -0.2) is 0 Å². The second-order valence-corrected chi connectivity index (χ2v) is 4.23. The van der Waals surface area contributed by atoms with Gasteiger partial charge in [0.15, 0.2) is 0 Å². The van der Waals surface area contributed by atoms with Crippen LogP contribution in [0.5, 0.6) is 5.75 Å². The Bertz CT molecular complexity index is 344. The van der Waals surface area contributed by atoms with E-state index in [9.17, 15) is 0 Å². The minimum absolute atomic E-state index is 0.0261. The summed E-state index contributed by atoms with van der Waals surface area (Å²) in [5.41, 5.74) is 7.17. The first kappa shape index (κ1) is 14.9. The summed E-state index contributed by atoms with van der Waals surface area (Å²) in [4.78, 5) is 4.17. The molecule has 0 radical (unpaired) electrons. The molecule has 2 N–H and O–H groups in total. The number of hydrogen-bond acceptors (Lipinski definition) is 4. The highest BCUT2D eigenvalue weighted by atomic mass is 16.5. The van der Waals surface area contributed by atoms with Gasteiger partial charge in [0, 0.05) is 12.8 Å². The zero-order chi connectivity index (χ0) is 13.4. The van der Waals surface area contributed by atoms with Crippen LogP contribution < -0.4 is 10.5 Å². The SMILES string of the molecule is CCCOc1cncc(C(N)C(CC)OCC)c1. The minimum Gasteiger partial charge on any atom is -0.492 e. The van der Waals surface area contributed by atoms with Gasteiger partial charge in [-0.3, -0.25) is 4.98 Å². The summed E-state index contributed by atoms with van der Waals surface area (Å²) in [7, 11) is 0. The lowest BCUT2D eigenvalue weighted by Crippen LogP contribution is -2.28. The summed E-state index contributed by atoms with van der Waals surface area (Å²) >= 11 is 0. The summed E-state index contributed by atoms with van der Waals surface area (Å²) < 4.78 is 11.2. The number of aromatic nitrogens is 1. The van der Waals surface area contributed by atoms with Crippen molar-refractivity contribution in [2.24, 2.45) is 5.73 Å². The second kappa shape index (κ2) is 8.06. The molecule has 0 aliphatic rings. The van der Waals surface area contributed by atoms with Gasteiger partial charge in [0.2, 0.25) is 0 Å². The molecule has 0 saturated heterocycles. The zero-order valence-electron chi connectivity index (χ0n) is 11.6. The summed E-state index contributed by atoms with van der Waals surface area (Å²) in [5, 5.41) is 0. The molecule has 1 aromatic heterocycles. The fraction of sp³-hybridized carbons (Fsp3) is 0.643. The highest BCUT2D eigenvalue weighted by Crippen LogP contribution is 2.22. The molecule has 1 aromatic rings. The van der Waals surface area contributed by atoms with Crippen LogP contribution in [0.3, 0.4) is 0 Å². The Labute approximate surface area is 110 Å². The smallest absolute Gasteiger partial charge is 0.137 e. The predicted molar refractivity (Wildman–Crippen MR) is 72.7 cm³/mol. The van der Waals surface area contributed by atoms with E-state index in [1.165, 1.54) is 0 Å². The van der Waals surface area contributed by atoms with Crippen molar-refractivity contribution in [1.82, 2.24) is 4.98 Å². The van der Waals surface area contributed by atoms with Crippen molar-refractivity contribution in [2.75, 3.05) is 13.2 Å². The Kier molecular flexibility index (Phi) is 6.68. The molecule has 1 heterocycles. The maximum atomic E-state index is 6.21. The quantitative estimate of drug-likeness (QED) is 0.773. The molecule has 2 atom stereocenters. The summed E-state index contributed by atoms with van der Waals surface area (Å²) in [5.74, 6) is 0.774. The number of nitrogens with two attached hydrogens (primary N) is 1. The number of ether oxygens (including phenoxy) is 2. The van der Waals surface area contributed by atoms with E-state index in [1.807, 2.05) is 13.0 Å². The summed E-state index contributed by atoms with van der Waals surface area (Å²) in [6, 6.07) is 1.79. The lowest BCUT2D eigenvalue weighted by molar-refractivity contribution is 0.0412. The van der Waals surface area contributed by atoms with Crippen molar-refractivity contribution in [3.05, 3.63) is 24.0 Å². The molecule has 0 aliphatic carbocycles. The van der Waals surface area contributed by atoms with Gasteiger partial charge < -0.3 is 15.2 Å². The largest absolute Gasteiger partial charge is 0.492 e. The third-order valence-electron chi connectivity index (χ3n) is 2.78. The highest BCUT2D eigenvalue weighted by Gasteiger charge is 2.18. The molecular formula is C14H24N2O2. The van der Waals surface area contributed by atoms with E-state index in [2.05, 4.69) is 18.8 Å². The van der Waals surface area contributed by atoms with E-state index in [1.54, 1.807) is 12.4 Å². The van der Waals surface area contributed by atoms with Crippen LogP contribution in [-0.4, -0.2) is 24.3 Å². The van der Waals surface area contributed by atoms with Gasteiger partial charge in [0.1, 0.15) is 5.75 Å². The number of rotatable bonds is 8. The third kappa shape index (κ3) is 4.27. The normalized spacial score (nSPS) is 14.2. The van der Waals surface area contributed by atoms with Gasteiger partial charge in [0.05, 0.1) is 24.9 Å². The first-order chi connectivity index (χ1) is 8.72. The molecule has 0 bridgehead atoms. The summed E-state index contributed by atoms with van der Waals surface area (Å²) in [6.45, 7) is 7.50. The highest BCUT2D eigenvalue weighted by molar-refractivity contribution is 5.26. The molecule has 18 heavy (non-hydrogen) atoms. The number of nitrogens with zero attached hydrogens (tertiary/aromatic N) is 1. The lowest BCUT2D eigenvalue weighted by atomic mass is 10.0. The zero-order valence-corrected chi connectivity index (χ0v) is 11.6. The molecule has 1 rings (SSSR count). The molecule has 0 amide bonds. The van der Waals surface area contributed by atoms with Gasteiger partial charge >= 0.3 is 0 Å². The van der Waals surface area contributed by atoms with Crippen LogP contribution in [0.15, 0.2) is 18.5 Å². The molecule has 2 unspecified atom stereocenters. The lowest BCUT2D eigenvalue weighted by Gasteiger charge is -2.22. The van der Waals surface area contributed by atoms with E-state index in [-0.39, 0.29) is 12.1 Å². The van der Waals surface area contributed by atoms with E-state index in [0.29, 0.717) is 13.2 Å². The minimum atomic E-state index is -0.160. The molecule has 0 fully saturated rings. The van der Waals surface area contributed by atoms with Crippen LogP contribution in [0.25, 0.3) is 0 Å². The van der Waals surface area contributed by atoms with Crippen molar-refractivity contribution in [3.8, 4) is 5.75 Å². The second-order valence-electron chi connectivity index (χ2n) is 4.23. The van der Waals surface area contributed by atoms with Crippen molar-refractivity contribution < 1.29 is 9.47 Å². The summed E-state index contributed by atoms with van der Waals surface area (Å²) in [6.07, 6.45) is 5.39. The van der Waals surface area contributed by atoms with Crippen LogP contribution >= 0.6 is 0 Å². The predicted octanol–water partition coefficient (Wildman–Crippen LogP) is 2.69. The Morgan fingerprint density at radius 1 is 1.28 bits per heavy atom. The monoisotopic (exact) mass is 252 g/mol. The van der Waals surface area contributed by atoms with E-state index in [0.717, 1.165) is 24.2 Å². The van der Waals surface area contributed by atoms with Crippen molar-refractivity contribution in [3.63, 3.8) is 0 Å². The van der Waals surface area contributed by atoms with Crippen molar-refractivity contribution in [2.45, 2.75) is 45.8 Å². The molecule has 4 nitrogen and oxygen atoms in total. The molecule has 0 saturated carbocycles. The van der Waals surface area contributed by atoms with Gasteiger partial charge in [-0.1, -0.05) is 13.8 Å². The van der Waals surface area contributed by atoms with Crippen LogP contribution in [0.1, 0.15) is 45.2 Å². The fourth-order valence-electron chi connectivity index (χ4n) is 1.82. The van der Waals surface area contributed by atoms with Gasteiger partial charge in [0.25, 0.3) is 0 Å². The molecule has 0 aliphatic heterocycles. The van der Waals surface area contributed by atoms with E-state index < -0.39 is 0 Å². The first-order valence-electron chi connectivity index (χ1n) is 6.67. The molecular weight excluding hydrogens is 228 g/mol. The fourth-order valence-corrected chi connectivity index (χ4v) is 1.82. The van der Waals surface area contributed by atoms with Gasteiger partial charge in [-0.15, -0.1) is 0 Å². The molecule has 0 aromatic carbocycles. The van der Waals surface area contributed by atoms with E-state index >= 15 is 0 Å². The van der Waals surface area contributed by atoms with Crippen LogP contribution in [0.2, 0.25) is 0 Å². The Morgan fingerprint density at radius 2 is 2.06 bits per heavy atom. The average Bonchev–Trinajstić information content (AvgIpc) is 2.42. The molecule has 102 valence electrons. The first-order valence-corrected chi connectivity index (χ1v) is 6.67. The number of pyridine rings is 1. The maximum Gasteiger partial charge on any atom is 0.137 e. The van der Waals surface area contributed by atoms with Crippen LogP contribution in [0, 0.1) is 0 Å². The Morgan fingerprint density at radius 3 is 2.67 bits per heavy atom.